The highest BCUT2D eigenvalue weighted by Crippen LogP contribution is 2.12. The molecule has 1 fully saturated rings. The van der Waals surface area contributed by atoms with Crippen molar-refractivity contribution in [2.75, 3.05) is 26.2 Å². The van der Waals surface area contributed by atoms with E-state index in [1.807, 2.05) is 0 Å². The molecule has 1 saturated heterocycles. The number of rotatable bonds is 5. The summed E-state index contributed by atoms with van der Waals surface area (Å²) in [5.74, 6) is 0. The lowest BCUT2D eigenvalue weighted by atomic mass is 10.1. The Hall–Kier alpha value is -0.120. The van der Waals surface area contributed by atoms with Crippen molar-refractivity contribution in [1.29, 1.82) is 0 Å². The van der Waals surface area contributed by atoms with Crippen LogP contribution in [0.25, 0.3) is 0 Å². The first-order chi connectivity index (χ1) is 7.13. The molecule has 0 amide bonds. The smallest absolute Gasteiger partial charge is 0.0674 e. The number of hydrogen-bond acceptors (Lipinski definition) is 3. The summed E-state index contributed by atoms with van der Waals surface area (Å²) in [5.41, 5.74) is 0. The van der Waals surface area contributed by atoms with Gasteiger partial charge in [0.15, 0.2) is 0 Å². The van der Waals surface area contributed by atoms with Crippen molar-refractivity contribution < 1.29 is 4.74 Å². The van der Waals surface area contributed by atoms with Gasteiger partial charge in [0.25, 0.3) is 0 Å². The molecule has 1 aliphatic rings. The van der Waals surface area contributed by atoms with Crippen molar-refractivity contribution in [1.82, 2.24) is 10.2 Å². The van der Waals surface area contributed by atoms with Gasteiger partial charge in [0.2, 0.25) is 0 Å². The topological polar surface area (TPSA) is 24.5 Å². The number of nitrogens with zero attached hydrogens (tertiary/aromatic N) is 1. The minimum absolute atomic E-state index is 0.399. The molecule has 3 heteroatoms. The third-order valence-corrected chi connectivity index (χ3v) is 3.14. The third kappa shape index (κ3) is 4.49. The molecule has 0 aromatic rings. The van der Waals surface area contributed by atoms with E-state index in [1.54, 1.807) is 0 Å². The molecule has 0 aromatic heterocycles. The Morgan fingerprint density at radius 3 is 2.80 bits per heavy atom. The van der Waals surface area contributed by atoms with Crippen molar-refractivity contribution in [2.45, 2.75) is 52.3 Å². The van der Waals surface area contributed by atoms with Crippen LogP contribution in [0.15, 0.2) is 0 Å². The molecular weight excluding hydrogens is 188 g/mol. The zero-order valence-electron chi connectivity index (χ0n) is 10.6. The molecule has 0 bridgehead atoms. The molecule has 0 aromatic carbocycles. The van der Waals surface area contributed by atoms with Crippen LogP contribution in [0.2, 0.25) is 0 Å². The quantitative estimate of drug-likeness (QED) is 0.750. The molecule has 3 atom stereocenters. The van der Waals surface area contributed by atoms with E-state index in [9.17, 15) is 0 Å². The molecule has 0 saturated carbocycles. The minimum atomic E-state index is 0.399. The van der Waals surface area contributed by atoms with E-state index >= 15 is 0 Å². The first-order valence-corrected chi connectivity index (χ1v) is 6.22. The van der Waals surface area contributed by atoms with Crippen LogP contribution in [-0.2, 0) is 4.74 Å². The summed E-state index contributed by atoms with van der Waals surface area (Å²) in [7, 11) is 0. The Kier molecular flexibility index (Phi) is 5.58. The Bertz CT molecular complexity index is 175. The van der Waals surface area contributed by atoms with Gasteiger partial charge in [-0.25, -0.2) is 0 Å². The maximum atomic E-state index is 5.55. The van der Waals surface area contributed by atoms with Crippen molar-refractivity contribution in [3.05, 3.63) is 0 Å². The molecular formula is C12H26N2O. The second kappa shape index (κ2) is 6.46. The molecule has 0 radical (unpaired) electrons. The molecule has 15 heavy (non-hydrogen) atoms. The summed E-state index contributed by atoms with van der Waals surface area (Å²) >= 11 is 0. The Morgan fingerprint density at radius 1 is 1.47 bits per heavy atom. The lowest BCUT2D eigenvalue weighted by Crippen LogP contribution is -2.47. The summed E-state index contributed by atoms with van der Waals surface area (Å²) < 4.78 is 5.55. The highest BCUT2D eigenvalue weighted by atomic mass is 16.5. The maximum absolute atomic E-state index is 5.55. The Labute approximate surface area is 94.2 Å². The lowest BCUT2D eigenvalue weighted by Gasteiger charge is -2.36. The number of ether oxygens (including phenoxy) is 1. The van der Waals surface area contributed by atoms with Gasteiger partial charge in [-0.1, -0.05) is 6.92 Å². The van der Waals surface area contributed by atoms with Crippen LogP contribution in [0, 0.1) is 0 Å². The van der Waals surface area contributed by atoms with Crippen LogP contribution < -0.4 is 5.32 Å². The Morgan fingerprint density at radius 2 is 2.20 bits per heavy atom. The van der Waals surface area contributed by atoms with Gasteiger partial charge in [0.1, 0.15) is 0 Å². The fourth-order valence-corrected chi connectivity index (χ4v) is 2.34. The van der Waals surface area contributed by atoms with E-state index in [-0.39, 0.29) is 0 Å². The van der Waals surface area contributed by atoms with Gasteiger partial charge in [-0.05, 0) is 33.7 Å². The molecule has 1 aliphatic heterocycles. The van der Waals surface area contributed by atoms with Crippen LogP contribution in [0.1, 0.15) is 34.1 Å². The summed E-state index contributed by atoms with van der Waals surface area (Å²) in [4.78, 5) is 2.54. The van der Waals surface area contributed by atoms with Crippen LogP contribution >= 0.6 is 0 Å². The SMILES string of the molecule is CCNC(C)CC(C)N1CCOC(C)C1. The molecule has 1 heterocycles. The normalized spacial score (nSPS) is 27.6. The zero-order valence-corrected chi connectivity index (χ0v) is 10.6. The van der Waals surface area contributed by atoms with Gasteiger partial charge < -0.3 is 10.1 Å². The second-order valence-corrected chi connectivity index (χ2v) is 4.72. The van der Waals surface area contributed by atoms with E-state index in [0.29, 0.717) is 18.2 Å². The number of hydrogen-bond donors (Lipinski definition) is 1. The average Bonchev–Trinajstić information content (AvgIpc) is 2.18. The fourth-order valence-electron chi connectivity index (χ4n) is 2.34. The van der Waals surface area contributed by atoms with Crippen molar-refractivity contribution in [2.24, 2.45) is 0 Å². The van der Waals surface area contributed by atoms with Gasteiger partial charge in [-0.2, -0.15) is 0 Å². The van der Waals surface area contributed by atoms with Crippen LogP contribution in [0.4, 0.5) is 0 Å². The van der Waals surface area contributed by atoms with E-state index in [2.05, 4.69) is 37.9 Å². The van der Waals surface area contributed by atoms with Gasteiger partial charge in [-0.15, -0.1) is 0 Å². The Balaban J connectivity index is 2.28. The van der Waals surface area contributed by atoms with E-state index in [0.717, 1.165) is 26.2 Å². The zero-order chi connectivity index (χ0) is 11.3. The monoisotopic (exact) mass is 214 g/mol. The van der Waals surface area contributed by atoms with E-state index in [1.165, 1.54) is 6.42 Å². The first-order valence-electron chi connectivity index (χ1n) is 6.22. The molecule has 3 nitrogen and oxygen atoms in total. The van der Waals surface area contributed by atoms with Gasteiger partial charge in [-0.3, -0.25) is 4.90 Å². The number of morpholine rings is 1. The summed E-state index contributed by atoms with van der Waals surface area (Å²) in [6.07, 6.45) is 1.62. The van der Waals surface area contributed by atoms with E-state index in [4.69, 9.17) is 4.74 Å². The van der Waals surface area contributed by atoms with Gasteiger partial charge in [0, 0.05) is 25.2 Å². The predicted molar refractivity (Wildman–Crippen MR) is 64.2 cm³/mol. The summed E-state index contributed by atoms with van der Waals surface area (Å²) in [6, 6.07) is 1.27. The number of nitrogens with one attached hydrogen (secondary N) is 1. The largest absolute Gasteiger partial charge is 0.376 e. The highest BCUT2D eigenvalue weighted by Gasteiger charge is 2.22. The molecule has 0 aliphatic carbocycles. The van der Waals surface area contributed by atoms with Crippen molar-refractivity contribution in [3.8, 4) is 0 Å². The van der Waals surface area contributed by atoms with Crippen molar-refractivity contribution in [3.63, 3.8) is 0 Å². The van der Waals surface area contributed by atoms with Crippen LogP contribution in [0.3, 0.4) is 0 Å². The molecule has 90 valence electrons. The summed E-state index contributed by atoms with van der Waals surface area (Å²) in [6.45, 7) is 13.0. The summed E-state index contributed by atoms with van der Waals surface area (Å²) in [5, 5.41) is 3.47. The second-order valence-electron chi connectivity index (χ2n) is 4.72. The van der Waals surface area contributed by atoms with Crippen LogP contribution in [-0.4, -0.2) is 49.3 Å². The standard InChI is InChI=1S/C12H26N2O/c1-5-13-10(2)8-11(3)14-6-7-15-12(4)9-14/h10-13H,5-9H2,1-4H3. The average molecular weight is 214 g/mol. The fraction of sp³-hybridized carbons (Fsp3) is 1.00. The third-order valence-electron chi connectivity index (χ3n) is 3.14. The van der Waals surface area contributed by atoms with E-state index < -0.39 is 0 Å². The van der Waals surface area contributed by atoms with Crippen LogP contribution in [0.5, 0.6) is 0 Å². The first kappa shape index (κ1) is 12.9. The molecule has 1 N–H and O–H groups in total. The van der Waals surface area contributed by atoms with Crippen molar-refractivity contribution >= 4 is 0 Å². The van der Waals surface area contributed by atoms with Gasteiger partial charge >= 0.3 is 0 Å². The maximum Gasteiger partial charge on any atom is 0.0674 e. The molecule has 3 unspecified atom stereocenters. The minimum Gasteiger partial charge on any atom is -0.376 e. The lowest BCUT2D eigenvalue weighted by molar-refractivity contribution is -0.0334. The van der Waals surface area contributed by atoms with Gasteiger partial charge in [0.05, 0.1) is 12.7 Å². The molecule has 0 spiro atoms. The highest BCUT2D eigenvalue weighted by molar-refractivity contribution is 4.76. The predicted octanol–water partition coefficient (Wildman–Crippen LogP) is 1.48. The molecule has 1 rings (SSSR count).